The molecule has 0 bridgehead atoms. The highest BCUT2D eigenvalue weighted by Gasteiger charge is 2.24. The van der Waals surface area contributed by atoms with Gasteiger partial charge in [-0.15, -0.1) is 0 Å². The summed E-state index contributed by atoms with van der Waals surface area (Å²) in [5, 5.41) is 3.27. The Morgan fingerprint density at radius 3 is 2.90 bits per heavy atom. The highest BCUT2D eigenvalue weighted by atomic mass is 35.5. The molecule has 1 aromatic rings. The number of rotatable bonds is 5. The Morgan fingerprint density at radius 1 is 1.45 bits per heavy atom. The smallest absolute Gasteiger partial charge is 0.242 e. The zero-order valence-electron chi connectivity index (χ0n) is 11.4. The highest BCUT2D eigenvalue weighted by Crippen LogP contribution is 2.25. The van der Waals surface area contributed by atoms with E-state index in [0.29, 0.717) is 6.54 Å². The van der Waals surface area contributed by atoms with E-state index in [1.807, 2.05) is 13.1 Å². The van der Waals surface area contributed by atoms with E-state index in [0.717, 1.165) is 29.9 Å². The molecule has 1 fully saturated rings. The van der Waals surface area contributed by atoms with Gasteiger partial charge >= 0.3 is 0 Å². The monoisotopic (exact) mass is 334 g/mol. The zero-order chi connectivity index (χ0) is 14.6. The van der Waals surface area contributed by atoms with Gasteiger partial charge in [0.25, 0.3) is 0 Å². The molecule has 0 aromatic heterocycles. The van der Waals surface area contributed by atoms with E-state index in [1.165, 1.54) is 0 Å². The molecule has 20 heavy (non-hydrogen) atoms. The Morgan fingerprint density at radius 2 is 2.25 bits per heavy atom. The van der Waals surface area contributed by atoms with E-state index in [9.17, 15) is 8.42 Å². The molecule has 0 spiro atoms. The SMILES string of the molecule is CNCc1ccc(Cl)c(S(=O)(=O)NC2CCCSC2)c1. The van der Waals surface area contributed by atoms with Gasteiger partial charge in [0.2, 0.25) is 10.0 Å². The average molecular weight is 335 g/mol. The molecular weight excluding hydrogens is 316 g/mol. The third kappa shape index (κ3) is 4.11. The average Bonchev–Trinajstić information content (AvgIpc) is 2.42. The lowest BCUT2D eigenvalue weighted by atomic mass is 10.2. The van der Waals surface area contributed by atoms with Crippen LogP contribution in [0.2, 0.25) is 5.02 Å². The maximum atomic E-state index is 12.5. The third-order valence-electron chi connectivity index (χ3n) is 3.15. The molecule has 0 aliphatic carbocycles. The molecular formula is C13H19ClN2O2S2. The normalized spacial score (nSPS) is 20.0. The van der Waals surface area contributed by atoms with Gasteiger partial charge in [-0.25, -0.2) is 13.1 Å². The summed E-state index contributed by atoms with van der Waals surface area (Å²) in [6, 6.07) is 5.10. The first kappa shape index (κ1) is 16.1. The molecule has 1 saturated heterocycles. The molecule has 112 valence electrons. The minimum absolute atomic E-state index is 0.00257. The largest absolute Gasteiger partial charge is 0.316 e. The molecule has 1 aliphatic rings. The summed E-state index contributed by atoms with van der Waals surface area (Å²) in [6.45, 7) is 0.610. The van der Waals surface area contributed by atoms with Crippen LogP contribution in [0.4, 0.5) is 0 Å². The van der Waals surface area contributed by atoms with Crippen LogP contribution < -0.4 is 10.0 Å². The molecule has 1 unspecified atom stereocenters. The number of hydrogen-bond donors (Lipinski definition) is 2. The summed E-state index contributed by atoms with van der Waals surface area (Å²) in [5.41, 5.74) is 0.898. The van der Waals surface area contributed by atoms with Crippen LogP contribution in [0.15, 0.2) is 23.1 Å². The second-order valence-electron chi connectivity index (χ2n) is 4.83. The van der Waals surface area contributed by atoms with E-state index < -0.39 is 10.0 Å². The van der Waals surface area contributed by atoms with Crippen molar-refractivity contribution in [3.8, 4) is 0 Å². The van der Waals surface area contributed by atoms with Crippen LogP contribution in [0.1, 0.15) is 18.4 Å². The minimum atomic E-state index is -3.55. The van der Waals surface area contributed by atoms with Crippen LogP contribution in [0.3, 0.4) is 0 Å². The summed E-state index contributed by atoms with van der Waals surface area (Å²) in [6.07, 6.45) is 1.94. The molecule has 0 saturated carbocycles. The number of hydrogen-bond acceptors (Lipinski definition) is 4. The fourth-order valence-corrected chi connectivity index (χ4v) is 5.18. The van der Waals surface area contributed by atoms with Gasteiger partial charge in [-0.05, 0) is 43.3 Å². The van der Waals surface area contributed by atoms with Crippen LogP contribution in [-0.4, -0.2) is 33.0 Å². The van der Waals surface area contributed by atoms with Gasteiger partial charge in [0, 0.05) is 18.3 Å². The molecule has 2 rings (SSSR count). The minimum Gasteiger partial charge on any atom is -0.316 e. The zero-order valence-corrected chi connectivity index (χ0v) is 13.7. The molecule has 1 aliphatic heterocycles. The number of sulfonamides is 1. The lowest BCUT2D eigenvalue weighted by Gasteiger charge is -2.22. The summed E-state index contributed by atoms with van der Waals surface area (Å²) < 4.78 is 27.7. The molecule has 4 nitrogen and oxygen atoms in total. The van der Waals surface area contributed by atoms with E-state index in [2.05, 4.69) is 10.0 Å². The van der Waals surface area contributed by atoms with Crippen LogP contribution in [-0.2, 0) is 16.6 Å². The van der Waals surface area contributed by atoms with Crippen molar-refractivity contribution in [2.24, 2.45) is 0 Å². The second-order valence-corrected chi connectivity index (χ2v) is 8.07. The van der Waals surface area contributed by atoms with Crippen LogP contribution in [0.25, 0.3) is 0 Å². The van der Waals surface area contributed by atoms with Gasteiger partial charge in [-0.1, -0.05) is 17.7 Å². The number of halogens is 1. The van der Waals surface area contributed by atoms with Crippen LogP contribution in [0.5, 0.6) is 0 Å². The van der Waals surface area contributed by atoms with Crippen molar-refractivity contribution in [3.63, 3.8) is 0 Å². The van der Waals surface area contributed by atoms with Crippen molar-refractivity contribution in [2.45, 2.75) is 30.3 Å². The molecule has 1 atom stereocenters. The van der Waals surface area contributed by atoms with E-state index in [-0.39, 0.29) is 16.0 Å². The van der Waals surface area contributed by atoms with Gasteiger partial charge in [-0.2, -0.15) is 11.8 Å². The van der Waals surface area contributed by atoms with Gasteiger partial charge in [-0.3, -0.25) is 0 Å². The Bertz CT molecular complexity index is 557. The first-order valence-electron chi connectivity index (χ1n) is 6.56. The van der Waals surface area contributed by atoms with E-state index >= 15 is 0 Å². The molecule has 2 N–H and O–H groups in total. The highest BCUT2D eigenvalue weighted by molar-refractivity contribution is 7.99. The number of benzene rings is 1. The fraction of sp³-hybridized carbons (Fsp3) is 0.538. The molecule has 1 aromatic carbocycles. The van der Waals surface area contributed by atoms with Crippen molar-refractivity contribution in [1.29, 1.82) is 0 Å². The summed E-state index contributed by atoms with van der Waals surface area (Å²) in [7, 11) is -1.73. The topological polar surface area (TPSA) is 58.2 Å². The summed E-state index contributed by atoms with van der Waals surface area (Å²) in [5.74, 6) is 1.93. The standard InChI is InChI=1S/C13H19ClN2O2S2/c1-15-8-10-4-5-12(14)13(7-10)20(17,18)16-11-3-2-6-19-9-11/h4-5,7,11,15-16H,2-3,6,8-9H2,1H3. The lowest BCUT2D eigenvalue weighted by molar-refractivity contribution is 0.543. The number of thioether (sulfide) groups is 1. The van der Waals surface area contributed by atoms with Crippen molar-refractivity contribution in [3.05, 3.63) is 28.8 Å². The van der Waals surface area contributed by atoms with E-state index in [4.69, 9.17) is 11.6 Å². The van der Waals surface area contributed by atoms with Crippen molar-refractivity contribution >= 4 is 33.4 Å². The van der Waals surface area contributed by atoms with Crippen molar-refractivity contribution in [2.75, 3.05) is 18.6 Å². The Kier molecular flexibility index (Phi) is 5.74. The second kappa shape index (κ2) is 7.13. The van der Waals surface area contributed by atoms with E-state index in [1.54, 1.807) is 23.9 Å². The lowest BCUT2D eigenvalue weighted by Crippen LogP contribution is -2.38. The van der Waals surface area contributed by atoms with Gasteiger partial charge in [0.1, 0.15) is 4.90 Å². The molecule has 7 heteroatoms. The predicted octanol–water partition coefficient (Wildman–Crippen LogP) is 2.23. The van der Waals surface area contributed by atoms with Crippen LogP contribution in [0, 0.1) is 0 Å². The molecule has 1 heterocycles. The third-order valence-corrected chi connectivity index (χ3v) is 6.37. The van der Waals surface area contributed by atoms with Gasteiger partial charge in [0.15, 0.2) is 0 Å². The quantitative estimate of drug-likeness (QED) is 0.867. The Balaban J connectivity index is 2.21. The molecule has 0 radical (unpaired) electrons. The first-order valence-corrected chi connectivity index (χ1v) is 9.57. The maximum absolute atomic E-state index is 12.5. The predicted molar refractivity (Wildman–Crippen MR) is 84.9 cm³/mol. The van der Waals surface area contributed by atoms with Crippen molar-refractivity contribution < 1.29 is 8.42 Å². The first-order chi connectivity index (χ1) is 9.53. The van der Waals surface area contributed by atoms with Gasteiger partial charge in [0.05, 0.1) is 5.02 Å². The summed E-state index contributed by atoms with van der Waals surface area (Å²) in [4.78, 5) is 0.169. The maximum Gasteiger partial charge on any atom is 0.242 e. The van der Waals surface area contributed by atoms with Crippen molar-refractivity contribution in [1.82, 2.24) is 10.0 Å². The number of nitrogens with one attached hydrogen (secondary N) is 2. The fourth-order valence-electron chi connectivity index (χ4n) is 2.18. The Labute approximate surface area is 129 Å². The summed E-state index contributed by atoms with van der Waals surface area (Å²) >= 11 is 7.84. The molecule has 0 amide bonds. The Hall–Kier alpha value is -0.270. The van der Waals surface area contributed by atoms with Gasteiger partial charge < -0.3 is 5.32 Å². The van der Waals surface area contributed by atoms with Crippen LogP contribution >= 0.6 is 23.4 Å².